The van der Waals surface area contributed by atoms with E-state index in [2.05, 4.69) is 32.4 Å². The molecule has 3 rings (SSSR count). The number of nitrogens with two attached hydrogens (primary N) is 1. The fraction of sp³-hybridized carbons (Fsp3) is 0.222. The van der Waals surface area contributed by atoms with Crippen molar-refractivity contribution in [3.63, 3.8) is 0 Å². The van der Waals surface area contributed by atoms with Crippen LogP contribution in [-0.2, 0) is 12.8 Å². The first-order chi connectivity index (χ1) is 11.3. The number of aromatic amines is 1. The highest BCUT2D eigenvalue weighted by Gasteiger charge is 2.01. The number of fused-ring (bicyclic) bond motifs is 1. The van der Waals surface area contributed by atoms with Gasteiger partial charge in [0.25, 0.3) is 0 Å². The van der Waals surface area contributed by atoms with Crippen molar-refractivity contribution in [1.29, 1.82) is 0 Å². The Morgan fingerprint density at radius 2 is 1.83 bits per heavy atom. The average Bonchev–Trinajstić information content (AvgIpc) is 2.98. The topological polar surface area (TPSA) is 79.1 Å². The number of aliphatic imine (C=N–C) groups is 1. The highest BCUT2D eigenvalue weighted by atomic mass is 15.1. The van der Waals surface area contributed by atoms with Crippen molar-refractivity contribution < 1.29 is 0 Å². The number of imidazole rings is 1. The monoisotopic (exact) mass is 307 g/mol. The van der Waals surface area contributed by atoms with Crippen LogP contribution in [-0.4, -0.2) is 29.0 Å². The second-order valence-electron chi connectivity index (χ2n) is 5.38. The van der Waals surface area contributed by atoms with E-state index in [1.54, 1.807) is 0 Å². The van der Waals surface area contributed by atoms with Crippen molar-refractivity contribution in [3.8, 4) is 0 Å². The maximum absolute atomic E-state index is 5.89. The van der Waals surface area contributed by atoms with Gasteiger partial charge in [0.1, 0.15) is 5.82 Å². The number of H-pyrrole nitrogens is 1. The molecule has 0 aliphatic rings. The molecule has 0 saturated carbocycles. The van der Waals surface area contributed by atoms with Crippen molar-refractivity contribution in [2.45, 2.75) is 12.8 Å². The minimum Gasteiger partial charge on any atom is -0.370 e. The highest BCUT2D eigenvalue weighted by Crippen LogP contribution is 2.10. The molecular formula is C18H21N5. The largest absolute Gasteiger partial charge is 0.370 e. The van der Waals surface area contributed by atoms with Gasteiger partial charge in [0.15, 0.2) is 5.96 Å². The summed E-state index contributed by atoms with van der Waals surface area (Å²) < 4.78 is 0. The summed E-state index contributed by atoms with van der Waals surface area (Å²) >= 11 is 0. The summed E-state index contributed by atoms with van der Waals surface area (Å²) in [5, 5.41) is 3.14. The molecule has 0 atom stereocenters. The van der Waals surface area contributed by atoms with Gasteiger partial charge in [-0.25, -0.2) is 4.98 Å². The molecule has 23 heavy (non-hydrogen) atoms. The quantitative estimate of drug-likeness (QED) is 0.483. The summed E-state index contributed by atoms with van der Waals surface area (Å²) in [7, 11) is 0. The minimum absolute atomic E-state index is 0.483. The summed E-state index contributed by atoms with van der Waals surface area (Å²) in [5.41, 5.74) is 9.21. The van der Waals surface area contributed by atoms with E-state index in [-0.39, 0.29) is 0 Å². The minimum atomic E-state index is 0.483. The average molecular weight is 307 g/mol. The van der Waals surface area contributed by atoms with Gasteiger partial charge in [0.05, 0.1) is 11.0 Å². The Morgan fingerprint density at radius 3 is 2.65 bits per heavy atom. The Labute approximate surface area is 135 Å². The van der Waals surface area contributed by atoms with Crippen LogP contribution in [0.1, 0.15) is 11.4 Å². The van der Waals surface area contributed by atoms with Gasteiger partial charge in [0.2, 0.25) is 0 Å². The molecule has 0 aliphatic heterocycles. The van der Waals surface area contributed by atoms with Gasteiger partial charge in [-0.15, -0.1) is 0 Å². The molecule has 0 fully saturated rings. The van der Waals surface area contributed by atoms with Crippen LogP contribution in [0, 0.1) is 0 Å². The first-order valence-electron chi connectivity index (χ1n) is 7.82. The molecule has 0 amide bonds. The molecule has 1 heterocycles. The predicted octanol–water partition coefficient (Wildman–Crippen LogP) is 2.25. The Kier molecular flexibility index (Phi) is 4.88. The van der Waals surface area contributed by atoms with Crippen molar-refractivity contribution in [2.75, 3.05) is 13.1 Å². The van der Waals surface area contributed by atoms with Crippen molar-refractivity contribution >= 4 is 17.0 Å². The summed E-state index contributed by atoms with van der Waals surface area (Å²) in [4.78, 5) is 12.2. The molecule has 0 aliphatic carbocycles. The standard InChI is InChI=1S/C18H21N5/c19-18(20-12-10-14-6-2-1-3-7-14)21-13-11-17-22-15-8-4-5-9-16(15)23-17/h1-9H,10-13H2,(H,22,23)(H3,19,20,21). The van der Waals surface area contributed by atoms with E-state index in [0.717, 1.165) is 36.2 Å². The summed E-state index contributed by atoms with van der Waals surface area (Å²) in [6.45, 7) is 1.40. The zero-order chi connectivity index (χ0) is 15.9. The maximum Gasteiger partial charge on any atom is 0.188 e. The molecular weight excluding hydrogens is 286 g/mol. The van der Waals surface area contributed by atoms with E-state index in [9.17, 15) is 0 Å². The molecule has 0 spiro atoms. The van der Waals surface area contributed by atoms with E-state index in [4.69, 9.17) is 5.73 Å². The van der Waals surface area contributed by atoms with Crippen molar-refractivity contribution in [1.82, 2.24) is 15.3 Å². The number of nitrogens with one attached hydrogen (secondary N) is 2. The molecule has 0 unspecified atom stereocenters. The van der Waals surface area contributed by atoms with E-state index in [0.29, 0.717) is 12.5 Å². The Hall–Kier alpha value is -2.82. The van der Waals surface area contributed by atoms with E-state index in [1.807, 2.05) is 42.5 Å². The van der Waals surface area contributed by atoms with E-state index in [1.165, 1.54) is 5.56 Å². The lowest BCUT2D eigenvalue weighted by atomic mass is 10.1. The Balaban J connectivity index is 1.44. The number of rotatable bonds is 6. The number of hydrogen-bond donors (Lipinski definition) is 3. The number of guanidine groups is 1. The predicted molar refractivity (Wildman–Crippen MR) is 94.4 cm³/mol. The van der Waals surface area contributed by atoms with E-state index < -0.39 is 0 Å². The van der Waals surface area contributed by atoms with Gasteiger partial charge in [-0.1, -0.05) is 42.5 Å². The lowest BCUT2D eigenvalue weighted by Gasteiger charge is -2.05. The summed E-state index contributed by atoms with van der Waals surface area (Å²) in [5.74, 6) is 1.42. The smallest absolute Gasteiger partial charge is 0.188 e. The van der Waals surface area contributed by atoms with Crippen LogP contribution in [0.3, 0.4) is 0 Å². The van der Waals surface area contributed by atoms with E-state index >= 15 is 0 Å². The summed E-state index contributed by atoms with van der Waals surface area (Å²) in [6, 6.07) is 18.3. The van der Waals surface area contributed by atoms with Crippen LogP contribution in [0.5, 0.6) is 0 Å². The van der Waals surface area contributed by atoms with Crippen LogP contribution in [0.25, 0.3) is 11.0 Å². The fourth-order valence-electron chi connectivity index (χ4n) is 2.44. The Bertz CT molecular complexity index is 743. The van der Waals surface area contributed by atoms with Gasteiger partial charge < -0.3 is 16.0 Å². The van der Waals surface area contributed by atoms with Gasteiger partial charge >= 0.3 is 0 Å². The van der Waals surface area contributed by atoms with Crippen LogP contribution in [0.2, 0.25) is 0 Å². The van der Waals surface area contributed by atoms with Crippen LogP contribution < -0.4 is 11.1 Å². The lowest BCUT2D eigenvalue weighted by molar-refractivity contribution is 0.836. The third kappa shape index (κ3) is 4.32. The molecule has 2 aromatic carbocycles. The van der Waals surface area contributed by atoms with Gasteiger partial charge in [-0.05, 0) is 24.1 Å². The van der Waals surface area contributed by atoms with Crippen LogP contribution >= 0.6 is 0 Å². The fourth-order valence-corrected chi connectivity index (χ4v) is 2.44. The van der Waals surface area contributed by atoms with Crippen molar-refractivity contribution in [3.05, 3.63) is 66.0 Å². The van der Waals surface area contributed by atoms with Crippen LogP contribution in [0.15, 0.2) is 59.6 Å². The molecule has 5 nitrogen and oxygen atoms in total. The third-order valence-electron chi connectivity index (χ3n) is 3.63. The zero-order valence-electron chi connectivity index (χ0n) is 13.0. The highest BCUT2D eigenvalue weighted by molar-refractivity contribution is 5.77. The number of para-hydroxylation sites is 2. The number of aromatic nitrogens is 2. The molecule has 3 aromatic rings. The first-order valence-corrected chi connectivity index (χ1v) is 7.82. The van der Waals surface area contributed by atoms with Gasteiger partial charge in [-0.3, -0.25) is 4.99 Å². The second-order valence-corrected chi connectivity index (χ2v) is 5.38. The van der Waals surface area contributed by atoms with Gasteiger partial charge in [0, 0.05) is 19.5 Å². The molecule has 0 saturated heterocycles. The third-order valence-corrected chi connectivity index (χ3v) is 3.63. The van der Waals surface area contributed by atoms with Crippen molar-refractivity contribution in [2.24, 2.45) is 10.7 Å². The number of nitrogens with zero attached hydrogens (tertiary/aromatic N) is 2. The first kappa shape index (κ1) is 15.1. The lowest BCUT2D eigenvalue weighted by Crippen LogP contribution is -2.33. The number of hydrogen-bond acceptors (Lipinski definition) is 2. The molecule has 0 bridgehead atoms. The van der Waals surface area contributed by atoms with Crippen LogP contribution in [0.4, 0.5) is 0 Å². The SMILES string of the molecule is NC(=NCCc1nc2ccccc2[nH]1)NCCc1ccccc1. The number of benzene rings is 2. The molecule has 4 N–H and O–H groups in total. The molecule has 1 aromatic heterocycles. The molecule has 118 valence electrons. The zero-order valence-corrected chi connectivity index (χ0v) is 13.0. The second kappa shape index (κ2) is 7.45. The molecule has 5 heteroatoms. The maximum atomic E-state index is 5.89. The molecule has 0 radical (unpaired) electrons. The van der Waals surface area contributed by atoms with Gasteiger partial charge in [-0.2, -0.15) is 0 Å². The summed E-state index contributed by atoms with van der Waals surface area (Å²) in [6.07, 6.45) is 1.68. The normalized spacial score (nSPS) is 11.7. The Morgan fingerprint density at radius 1 is 1.04 bits per heavy atom.